The van der Waals surface area contributed by atoms with Crippen LogP contribution in [0.4, 0.5) is 5.69 Å². The third-order valence-corrected chi connectivity index (χ3v) is 3.11. The quantitative estimate of drug-likeness (QED) is 0.828. The van der Waals surface area contributed by atoms with E-state index in [0.717, 1.165) is 17.9 Å². The number of hydrogen-bond acceptors (Lipinski definition) is 2. The van der Waals surface area contributed by atoms with Gasteiger partial charge in [-0.1, -0.05) is 26.7 Å². The first-order valence-corrected chi connectivity index (χ1v) is 5.99. The van der Waals surface area contributed by atoms with E-state index in [1.54, 1.807) is 0 Å². The highest BCUT2D eigenvalue weighted by Crippen LogP contribution is 2.35. The molecule has 1 aliphatic rings. The summed E-state index contributed by atoms with van der Waals surface area (Å²) in [4.78, 5) is 0. The van der Waals surface area contributed by atoms with Crippen LogP contribution in [0.3, 0.4) is 0 Å². The summed E-state index contributed by atoms with van der Waals surface area (Å²) in [6.07, 6.45) is 7.20. The maximum Gasteiger partial charge on any atom is 0.0884 e. The lowest BCUT2D eigenvalue weighted by Gasteiger charge is -2.06. The summed E-state index contributed by atoms with van der Waals surface area (Å²) in [7, 11) is 0. The van der Waals surface area contributed by atoms with Crippen molar-refractivity contribution in [3.05, 3.63) is 11.9 Å². The minimum atomic E-state index is 0.624. The first-order chi connectivity index (χ1) is 7.16. The highest BCUT2D eigenvalue weighted by Gasteiger charge is 2.22. The molecule has 1 aromatic rings. The molecule has 1 heterocycles. The Kier molecular flexibility index (Phi) is 2.98. The number of nitrogens with two attached hydrogens (primary N) is 1. The Morgan fingerprint density at radius 1 is 1.47 bits per heavy atom. The van der Waals surface area contributed by atoms with Crippen molar-refractivity contribution in [2.24, 2.45) is 5.92 Å². The van der Waals surface area contributed by atoms with Gasteiger partial charge in [0.15, 0.2) is 0 Å². The van der Waals surface area contributed by atoms with Gasteiger partial charge < -0.3 is 5.73 Å². The van der Waals surface area contributed by atoms with Crippen molar-refractivity contribution in [1.82, 2.24) is 9.78 Å². The van der Waals surface area contributed by atoms with Crippen LogP contribution in [0, 0.1) is 5.92 Å². The van der Waals surface area contributed by atoms with Crippen LogP contribution < -0.4 is 5.73 Å². The van der Waals surface area contributed by atoms with Gasteiger partial charge in [0.25, 0.3) is 0 Å². The van der Waals surface area contributed by atoms with E-state index in [2.05, 4.69) is 18.9 Å². The maximum absolute atomic E-state index is 6.01. The third-order valence-electron chi connectivity index (χ3n) is 3.11. The van der Waals surface area contributed by atoms with Crippen LogP contribution in [0.1, 0.15) is 51.1 Å². The third kappa shape index (κ3) is 2.33. The molecule has 1 saturated carbocycles. The summed E-state index contributed by atoms with van der Waals surface area (Å²) < 4.78 is 2.01. The molecule has 0 unspecified atom stereocenters. The van der Waals surface area contributed by atoms with Gasteiger partial charge in [-0.05, 0) is 18.8 Å². The molecule has 0 atom stereocenters. The molecule has 0 saturated heterocycles. The van der Waals surface area contributed by atoms with Gasteiger partial charge in [0, 0.05) is 18.7 Å². The van der Waals surface area contributed by atoms with Crippen molar-refractivity contribution in [1.29, 1.82) is 0 Å². The minimum Gasteiger partial charge on any atom is -0.396 e. The largest absolute Gasteiger partial charge is 0.396 e. The van der Waals surface area contributed by atoms with E-state index in [9.17, 15) is 0 Å². The average molecular weight is 207 g/mol. The normalized spacial score (nSPS) is 17.8. The second kappa shape index (κ2) is 4.25. The minimum absolute atomic E-state index is 0.624. The van der Waals surface area contributed by atoms with E-state index in [1.807, 2.05) is 10.9 Å². The summed E-state index contributed by atoms with van der Waals surface area (Å²) in [6, 6.07) is 0. The Bertz CT molecular complexity index is 322. The Morgan fingerprint density at radius 2 is 2.13 bits per heavy atom. The predicted molar refractivity (Wildman–Crippen MR) is 62.7 cm³/mol. The molecule has 84 valence electrons. The highest BCUT2D eigenvalue weighted by molar-refractivity contribution is 5.43. The van der Waals surface area contributed by atoms with Crippen LogP contribution in [0.5, 0.6) is 0 Å². The van der Waals surface area contributed by atoms with Crippen molar-refractivity contribution < 1.29 is 0 Å². The molecule has 1 fully saturated rings. The fourth-order valence-electron chi connectivity index (χ4n) is 2.44. The monoisotopic (exact) mass is 207 g/mol. The molecule has 0 aliphatic heterocycles. The molecule has 2 rings (SSSR count). The van der Waals surface area contributed by atoms with Crippen molar-refractivity contribution in [2.45, 2.75) is 52.0 Å². The van der Waals surface area contributed by atoms with Gasteiger partial charge in [0.1, 0.15) is 0 Å². The van der Waals surface area contributed by atoms with Gasteiger partial charge in [0.2, 0.25) is 0 Å². The SMILES string of the molecule is CC(C)Cn1cc(N)c(C2CCCC2)n1. The number of nitrogens with zero attached hydrogens (tertiary/aromatic N) is 2. The van der Waals surface area contributed by atoms with Crippen LogP contribution >= 0.6 is 0 Å². The number of aromatic nitrogens is 2. The van der Waals surface area contributed by atoms with E-state index in [4.69, 9.17) is 5.73 Å². The predicted octanol–water partition coefficient (Wildman–Crippen LogP) is 2.78. The van der Waals surface area contributed by atoms with Crippen molar-refractivity contribution in [2.75, 3.05) is 5.73 Å². The van der Waals surface area contributed by atoms with Gasteiger partial charge in [-0.2, -0.15) is 5.10 Å². The molecule has 0 bridgehead atoms. The van der Waals surface area contributed by atoms with Crippen LogP contribution in [0.25, 0.3) is 0 Å². The van der Waals surface area contributed by atoms with Crippen LogP contribution in [0.2, 0.25) is 0 Å². The van der Waals surface area contributed by atoms with Crippen molar-refractivity contribution in [3.63, 3.8) is 0 Å². The molecular weight excluding hydrogens is 186 g/mol. The molecule has 0 spiro atoms. The molecular formula is C12H21N3. The lowest BCUT2D eigenvalue weighted by Crippen LogP contribution is -2.06. The molecule has 3 heteroatoms. The lowest BCUT2D eigenvalue weighted by atomic mass is 10.0. The molecule has 1 aliphatic carbocycles. The molecule has 0 aromatic carbocycles. The lowest BCUT2D eigenvalue weighted by molar-refractivity contribution is 0.476. The first kappa shape index (κ1) is 10.5. The van der Waals surface area contributed by atoms with Crippen molar-refractivity contribution >= 4 is 5.69 Å². The van der Waals surface area contributed by atoms with E-state index in [-0.39, 0.29) is 0 Å². The van der Waals surface area contributed by atoms with E-state index < -0.39 is 0 Å². The average Bonchev–Trinajstić information content (AvgIpc) is 2.72. The summed E-state index contributed by atoms with van der Waals surface area (Å²) in [5.41, 5.74) is 8.05. The van der Waals surface area contributed by atoms with Gasteiger partial charge >= 0.3 is 0 Å². The molecule has 3 nitrogen and oxygen atoms in total. The second-order valence-corrected chi connectivity index (χ2v) is 5.07. The number of rotatable bonds is 3. The Labute approximate surface area is 91.7 Å². The maximum atomic E-state index is 6.01. The number of nitrogen functional groups attached to an aromatic ring is 1. The summed E-state index contributed by atoms with van der Waals surface area (Å²) >= 11 is 0. The fourth-order valence-corrected chi connectivity index (χ4v) is 2.44. The zero-order chi connectivity index (χ0) is 10.8. The highest BCUT2D eigenvalue weighted by atomic mass is 15.3. The van der Waals surface area contributed by atoms with Crippen molar-refractivity contribution in [3.8, 4) is 0 Å². The summed E-state index contributed by atoms with van der Waals surface area (Å²) in [6.45, 7) is 5.37. The van der Waals surface area contributed by atoms with E-state index in [1.165, 1.54) is 25.7 Å². The van der Waals surface area contributed by atoms with Crippen LogP contribution in [-0.2, 0) is 6.54 Å². The fraction of sp³-hybridized carbons (Fsp3) is 0.750. The first-order valence-electron chi connectivity index (χ1n) is 5.99. The summed E-state index contributed by atoms with van der Waals surface area (Å²) in [5.74, 6) is 1.25. The number of anilines is 1. The second-order valence-electron chi connectivity index (χ2n) is 5.07. The molecule has 15 heavy (non-hydrogen) atoms. The molecule has 0 radical (unpaired) electrons. The molecule has 1 aromatic heterocycles. The smallest absolute Gasteiger partial charge is 0.0884 e. The van der Waals surface area contributed by atoms with Crippen LogP contribution in [0.15, 0.2) is 6.20 Å². The van der Waals surface area contributed by atoms with Gasteiger partial charge in [-0.25, -0.2) is 0 Å². The Hall–Kier alpha value is -0.990. The zero-order valence-electron chi connectivity index (χ0n) is 9.74. The standard InChI is InChI=1S/C12H21N3/c1-9(2)7-15-8-11(13)12(14-15)10-5-3-4-6-10/h8-10H,3-7,13H2,1-2H3. The topological polar surface area (TPSA) is 43.8 Å². The van der Waals surface area contributed by atoms with Gasteiger partial charge in [-0.15, -0.1) is 0 Å². The molecule has 0 amide bonds. The van der Waals surface area contributed by atoms with Gasteiger partial charge in [-0.3, -0.25) is 4.68 Å². The van der Waals surface area contributed by atoms with Crippen LogP contribution in [-0.4, -0.2) is 9.78 Å². The Balaban J connectivity index is 2.13. The Morgan fingerprint density at radius 3 is 2.73 bits per heavy atom. The number of hydrogen-bond donors (Lipinski definition) is 1. The zero-order valence-corrected chi connectivity index (χ0v) is 9.74. The molecule has 2 N–H and O–H groups in total. The van der Waals surface area contributed by atoms with E-state index in [0.29, 0.717) is 11.8 Å². The van der Waals surface area contributed by atoms with Gasteiger partial charge in [0.05, 0.1) is 11.4 Å². The summed E-state index contributed by atoms with van der Waals surface area (Å²) in [5, 5.41) is 4.62. The van der Waals surface area contributed by atoms with E-state index >= 15 is 0 Å².